The van der Waals surface area contributed by atoms with Gasteiger partial charge in [-0.3, -0.25) is 19.8 Å². The van der Waals surface area contributed by atoms with E-state index in [1.807, 2.05) is 52.6 Å². The van der Waals surface area contributed by atoms with Gasteiger partial charge in [0.15, 0.2) is 10.6 Å². The molecule has 2 aromatic heterocycles. The van der Waals surface area contributed by atoms with Crippen molar-refractivity contribution in [2.24, 2.45) is 0 Å². The predicted octanol–water partition coefficient (Wildman–Crippen LogP) is 4.15. The molecule has 0 fully saturated rings. The fraction of sp³-hybridized carbons (Fsp3) is 0.111. The third-order valence-corrected chi connectivity index (χ3v) is 4.59. The van der Waals surface area contributed by atoms with E-state index in [0.717, 1.165) is 22.4 Å². The number of hydrogen-bond acceptors (Lipinski definition) is 4. The number of nitrogens with zero attached hydrogens (tertiary/aromatic N) is 4. The number of H-pyrrole nitrogens is 1. The SMILES string of the molecule is Cc1ccc(-n2c(Cn3ccc4cc([N+](=O)[O-])ccc43)n[nH]c2=S)cc1. The molecule has 7 nitrogen and oxygen atoms in total. The lowest BCUT2D eigenvalue weighted by Crippen LogP contribution is -2.07. The molecule has 0 aliphatic carbocycles. The minimum atomic E-state index is -0.390. The topological polar surface area (TPSA) is 81.7 Å². The molecule has 26 heavy (non-hydrogen) atoms. The molecule has 8 heteroatoms. The highest BCUT2D eigenvalue weighted by Crippen LogP contribution is 2.23. The van der Waals surface area contributed by atoms with Gasteiger partial charge in [-0.2, -0.15) is 5.10 Å². The molecule has 2 aromatic carbocycles. The summed E-state index contributed by atoms with van der Waals surface area (Å²) in [4.78, 5) is 10.6. The maximum Gasteiger partial charge on any atom is 0.270 e. The maximum absolute atomic E-state index is 10.9. The first kappa shape index (κ1) is 16.2. The van der Waals surface area contributed by atoms with Crippen LogP contribution in [0.25, 0.3) is 16.6 Å². The number of rotatable bonds is 4. The van der Waals surface area contributed by atoms with Gasteiger partial charge in [0.05, 0.1) is 11.5 Å². The van der Waals surface area contributed by atoms with Crippen molar-refractivity contribution in [3.8, 4) is 5.69 Å². The van der Waals surface area contributed by atoms with E-state index >= 15 is 0 Å². The van der Waals surface area contributed by atoms with Crippen LogP contribution in [0.4, 0.5) is 5.69 Å². The van der Waals surface area contributed by atoms with Gasteiger partial charge < -0.3 is 4.57 Å². The number of hydrogen-bond donors (Lipinski definition) is 1. The fourth-order valence-electron chi connectivity index (χ4n) is 2.99. The van der Waals surface area contributed by atoms with Crippen molar-refractivity contribution in [1.29, 1.82) is 0 Å². The zero-order chi connectivity index (χ0) is 18.3. The van der Waals surface area contributed by atoms with E-state index < -0.39 is 0 Å². The van der Waals surface area contributed by atoms with Gasteiger partial charge in [-0.1, -0.05) is 17.7 Å². The van der Waals surface area contributed by atoms with Gasteiger partial charge in [-0.05, 0) is 43.4 Å². The highest BCUT2D eigenvalue weighted by molar-refractivity contribution is 7.71. The van der Waals surface area contributed by atoms with Gasteiger partial charge in [0.25, 0.3) is 5.69 Å². The minimum absolute atomic E-state index is 0.0811. The Hall–Kier alpha value is -3.26. The van der Waals surface area contributed by atoms with E-state index in [2.05, 4.69) is 10.2 Å². The Balaban J connectivity index is 1.75. The molecule has 0 amide bonds. The van der Waals surface area contributed by atoms with Crippen molar-refractivity contribution in [3.05, 3.63) is 81.0 Å². The van der Waals surface area contributed by atoms with Crippen molar-refractivity contribution in [2.75, 3.05) is 0 Å². The summed E-state index contributed by atoms with van der Waals surface area (Å²) in [6.45, 7) is 2.52. The van der Waals surface area contributed by atoms with Gasteiger partial charge >= 0.3 is 0 Å². The van der Waals surface area contributed by atoms with Crippen LogP contribution in [-0.2, 0) is 6.54 Å². The summed E-state index contributed by atoms with van der Waals surface area (Å²) in [5.74, 6) is 0.759. The average molecular weight is 365 g/mol. The highest BCUT2D eigenvalue weighted by Gasteiger charge is 2.12. The molecule has 2 heterocycles. The lowest BCUT2D eigenvalue weighted by Gasteiger charge is -2.09. The van der Waals surface area contributed by atoms with Gasteiger partial charge in [0, 0.05) is 34.9 Å². The Morgan fingerprint density at radius 2 is 1.96 bits per heavy atom. The third kappa shape index (κ3) is 2.80. The van der Waals surface area contributed by atoms with Gasteiger partial charge in [-0.15, -0.1) is 0 Å². The first-order valence-corrected chi connectivity index (χ1v) is 8.40. The Kier molecular flexibility index (Phi) is 3.89. The average Bonchev–Trinajstić information content (AvgIpc) is 3.19. The van der Waals surface area contributed by atoms with E-state index in [1.54, 1.807) is 12.1 Å². The van der Waals surface area contributed by atoms with Crippen LogP contribution in [0.2, 0.25) is 0 Å². The summed E-state index contributed by atoms with van der Waals surface area (Å²) in [5.41, 5.74) is 3.09. The number of aryl methyl sites for hydroxylation is 1. The van der Waals surface area contributed by atoms with Gasteiger partial charge in [0.1, 0.15) is 0 Å². The number of nitro benzene ring substituents is 1. The molecule has 0 aliphatic rings. The van der Waals surface area contributed by atoms with Crippen LogP contribution in [-0.4, -0.2) is 24.3 Å². The molecule has 0 bridgehead atoms. The van der Waals surface area contributed by atoms with Crippen molar-refractivity contribution >= 4 is 28.8 Å². The smallest absolute Gasteiger partial charge is 0.270 e. The van der Waals surface area contributed by atoms with E-state index in [4.69, 9.17) is 12.2 Å². The van der Waals surface area contributed by atoms with Gasteiger partial charge in [0.2, 0.25) is 0 Å². The summed E-state index contributed by atoms with van der Waals surface area (Å²) in [7, 11) is 0. The van der Waals surface area contributed by atoms with Crippen LogP contribution in [0.3, 0.4) is 0 Å². The molecule has 0 aliphatic heterocycles. The van der Waals surface area contributed by atoms with Crippen LogP contribution < -0.4 is 0 Å². The Morgan fingerprint density at radius 1 is 1.19 bits per heavy atom. The van der Waals surface area contributed by atoms with Crippen LogP contribution in [0.5, 0.6) is 0 Å². The second-order valence-electron chi connectivity index (χ2n) is 6.06. The molecule has 0 unspecified atom stereocenters. The lowest BCUT2D eigenvalue weighted by molar-refractivity contribution is -0.384. The third-order valence-electron chi connectivity index (χ3n) is 4.31. The minimum Gasteiger partial charge on any atom is -0.340 e. The number of aromatic nitrogens is 4. The fourth-order valence-corrected chi connectivity index (χ4v) is 3.24. The molecule has 0 atom stereocenters. The Morgan fingerprint density at radius 3 is 2.69 bits per heavy atom. The van der Waals surface area contributed by atoms with E-state index in [-0.39, 0.29) is 10.6 Å². The van der Waals surface area contributed by atoms with Crippen LogP contribution in [0, 0.1) is 21.8 Å². The molecular weight excluding hydrogens is 350 g/mol. The first-order valence-electron chi connectivity index (χ1n) is 7.99. The molecule has 0 radical (unpaired) electrons. The molecule has 0 saturated carbocycles. The van der Waals surface area contributed by atoms with Gasteiger partial charge in [-0.25, -0.2) is 0 Å². The van der Waals surface area contributed by atoms with Crippen molar-refractivity contribution in [3.63, 3.8) is 0 Å². The molecule has 4 rings (SSSR count). The zero-order valence-corrected chi connectivity index (χ0v) is 14.7. The molecule has 0 saturated heterocycles. The van der Waals surface area contributed by atoms with E-state index in [1.165, 1.54) is 11.6 Å². The normalized spacial score (nSPS) is 11.1. The summed E-state index contributed by atoms with van der Waals surface area (Å²) in [6.07, 6.45) is 1.89. The molecule has 4 aromatic rings. The van der Waals surface area contributed by atoms with Crippen LogP contribution in [0.15, 0.2) is 54.7 Å². The Bertz CT molecular complexity index is 1170. The van der Waals surface area contributed by atoms with Crippen LogP contribution >= 0.6 is 12.2 Å². The number of nitro groups is 1. The van der Waals surface area contributed by atoms with Crippen molar-refractivity contribution < 1.29 is 4.92 Å². The summed E-state index contributed by atoms with van der Waals surface area (Å²) >= 11 is 5.39. The second-order valence-corrected chi connectivity index (χ2v) is 6.45. The zero-order valence-electron chi connectivity index (χ0n) is 13.9. The van der Waals surface area contributed by atoms with Crippen LogP contribution in [0.1, 0.15) is 11.4 Å². The van der Waals surface area contributed by atoms with E-state index in [0.29, 0.717) is 11.3 Å². The molecule has 130 valence electrons. The number of nitrogens with one attached hydrogen (secondary N) is 1. The summed E-state index contributed by atoms with van der Waals surface area (Å²) in [6, 6.07) is 14.8. The maximum atomic E-state index is 10.9. The number of benzene rings is 2. The number of non-ortho nitro benzene ring substituents is 1. The predicted molar refractivity (Wildman–Crippen MR) is 101 cm³/mol. The van der Waals surface area contributed by atoms with Crippen molar-refractivity contribution in [1.82, 2.24) is 19.3 Å². The monoisotopic (exact) mass is 365 g/mol. The first-order chi connectivity index (χ1) is 12.5. The second kappa shape index (κ2) is 6.23. The van der Waals surface area contributed by atoms with Crippen molar-refractivity contribution in [2.45, 2.75) is 13.5 Å². The molecule has 1 N–H and O–H groups in total. The highest BCUT2D eigenvalue weighted by atomic mass is 32.1. The largest absolute Gasteiger partial charge is 0.340 e. The van der Waals surface area contributed by atoms with E-state index in [9.17, 15) is 10.1 Å². The lowest BCUT2D eigenvalue weighted by atomic mass is 10.2. The summed E-state index contributed by atoms with van der Waals surface area (Å²) in [5, 5.41) is 19.0. The molecular formula is C18H15N5O2S. The Labute approximate surface area is 153 Å². The number of aromatic amines is 1. The molecule has 0 spiro atoms. The quantitative estimate of drug-likeness (QED) is 0.335. The summed E-state index contributed by atoms with van der Waals surface area (Å²) < 4.78 is 4.41. The number of fused-ring (bicyclic) bond motifs is 1. The standard InChI is InChI=1S/C18H15N5O2S/c1-12-2-4-14(5-3-12)22-17(19-20-18(22)26)11-21-9-8-13-10-15(23(24)25)6-7-16(13)21/h2-10H,11H2,1H3,(H,20,26).